The molecular weight excluding hydrogens is 1390 g/mol. The van der Waals surface area contributed by atoms with E-state index in [4.69, 9.17) is 19.2 Å². The van der Waals surface area contributed by atoms with E-state index in [1.807, 2.05) is 106 Å². The molecular formula is C111H104N4. The number of hydrogen-bond acceptors (Lipinski definition) is 0. The Kier molecular flexibility index (Phi) is 15.3. The van der Waals surface area contributed by atoms with E-state index in [1.54, 1.807) is 13.0 Å². The van der Waals surface area contributed by atoms with Crippen molar-refractivity contribution in [2.45, 2.75) is 138 Å². The molecule has 15 aromatic carbocycles. The van der Waals surface area contributed by atoms with Crippen LogP contribution in [0.2, 0.25) is 0 Å². The normalized spacial score (nSPS) is 14.1. The van der Waals surface area contributed by atoms with Crippen LogP contribution in [0.5, 0.6) is 0 Å². The van der Waals surface area contributed by atoms with E-state index in [1.165, 1.54) is 66.1 Å². The van der Waals surface area contributed by atoms with Gasteiger partial charge in [-0.1, -0.05) is 358 Å². The highest BCUT2D eigenvalue weighted by atomic mass is 15.0. The van der Waals surface area contributed by atoms with Crippen molar-refractivity contribution in [3.05, 3.63) is 373 Å². The monoisotopic (exact) mass is 1510 g/mol. The third kappa shape index (κ3) is 13.6. The van der Waals surface area contributed by atoms with Crippen LogP contribution in [0.3, 0.4) is 0 Å². The summed E-state index contributed by atoms with van der Waals surface area (Å²) < 4.78 is 130. The van der Waals surface area contributed by atoms with Crippen LogP contribution in [-0.2, 0) is 27.1 Å². The number of rotatable bonds is 8. The highest BCUT2D eigenvalue weighted by molar-refractivity contribution is 6.21. The molecule has 4 nitrogen and oxygen atoms in total. The second-order valence-electron chi connectivity index (χ2n) is 35.5. The average molecular weight is 1510 g/mol. The number of nitrogens with zero attached hydrogens (tertiary/aromatic N) is 4. The first-order chi connectivity index (χ1) is 61.0. The summed E-state index contributed by atoms with van der Waals surface area (Å²) in [6.45, 7) is 35.3. The molecule has 0 radical (unpaired) electrons. The smallest absolute Gasteiger partial charge is 0.0632 e. The highest BCUT2D eigenvalue weighted by Crippen LogP contribution is 2.51. The van der Waals surface area contributed by atoms with Crippen molar-refractivity contribution in [3.63, 3.8) is 0 Å². The molecule has 0 aliphatic heterocycles. The van der Waals surface area contributed by atoms with Gasteiger partial charge in [0.1, 0.15) is 0 Å². The van der Waals surface area contributed by atoms with E-state index < -0.39 is 29.6 Å². The van der Waals surface area contributed by atoms with Gasteiger partial charge in [-0.25, -0.2) is 0 Å². The Morgan fingerprint density at radius 3 is 1.04 bits per heavy atom. The van der Waals surface area contributed by atoms with Gasteiger partial charge in [0, 0.05) is 60.2 Å². The number of hydrogen-bond donors (Lipinski definition) is 0. The van der Waals surface area contributed by atoms with Gasteiger partial charge in [0.2, 0.25) is 0 Å². The lowest BCUT2D eigenvalue weighted by Gasteiger charge is -2.26. The first-order valence-corrected chi connectivity index (χ1v) is 39.8. The van der Waals surface area contributed by atoms with Crippen LogP contribution < -0.4 is 0 Å². The van der Waals surface area contributed by atoms with Gasteiger partial charge in [0.15, 0.2) is 0 Å². The van der Waals surface area contributed by atoms with Crippen molar-refractivity contribution in [2.75, 3.05) is 0 Å². The molecule has 115 heavy (non-hydrogen) atoms. The average Bonchev–Trinajstić information content (AvgIpc) is 1.54. The largest absolute Gasteiger partial charge is 0.309 e. The van der Waals surface area contributed by atoms with E-state index in [9.17, 15) is 0 Å². The summed E-state index contributed by atoms with van der Waals surface area (Å²) in [5, 5.41) is 8.36. The number of fused-ring (bicyclic) bond motifs is 12. The molecule has 0 N–H and O–H groups in total. The molecule has 19 rings (SSSR count). The van der Waals surface area contributed by atoms with Gasteiger partial charge in [-0.3, -0.25) is 0 Å². The number of aromatic nitrogens is 4. The van der Waals surface area contributed by atoms with E-state index in [-0.39, 0.29) is 98.8 Å². The van der Waals surface area contributed by atoms with Crippen molar-refractivity contribution < 1.29 is 19.2 Å². The minimum atomic E-state index is -0.577. The van der Waals surface area contributed by atoms with Crippen LogP contribution in [0, 0.1) is 6.92 Å². The molecule has 4 heterocycles. The molecule has 0 aliphatic carbocycles. The summed E-state index contributed by atoms with van der Waals surface area (Å²) in [6.07, 6.45) is 0. The van der Waals surface area contributed by atoms with Gasteiger partial charge in [-0.2, -0.15) is 0 Å². The third-order valence-electron chi connectivity index (χ3n) is 22.4. The predicted octanol–water partition coefficient (Wildman–Crippen LogP) is 30.9. The molecule has 0 saturated carbocycles. The Morgan fingerprint density at radius 2 is 0.609 bits per heavy atom. The van der Waals surface area contributed by atoms with Crippen LogP contribution in [0.25, 0.3) is 154 Å². The zero-order chi connectivity index (χ0) is 92.2. The molecule has 19 aromatic rings. The van der Waals surface area contributed by atoms with E-state index >= 15 is 0 Å². The van der Waals surface area contributed by atoms with Gasteiger partial charge in [0.25, 0.3) is 0 Å². The maximum Gasteiger partial charge on any atom is 0.0632 e. The number of benzene rings is 15. The second kappa shape index (κ2) is 29.2. The van der Waals surface area contributed by atoms with Crippen molar-refractivity contribution in [2.24, 2.45) is 0 Å². The molecule has 0 fully saturated rings. The SMILES string of the molecule is CC(C)(C)c1cc(-c2cccc3c2c2c(C(C)(C)C)cccc2n3-c2ccccc2)cc(C(C)(C)C)c1.[2H]c1c([2H])c([2H])c(-c2cccc3c2c2c(C(C)(C)C)c(-c4c([2H])c([2H])c([2H])c(C)c4[2H])ccc2n3-c2ccccc2)c([2H])c1[2H].[2H]c1c([2H])c([2H])c(-c2cccc3c2c2c(C(C)(C)C)c(-n4c5ccccc5c5ccccc54)ccc2n3-c2ccccc2)c([2H])c1[2H]. The fourth-order valence-electron chi connectivity index (χ4n) is 17.4. The summed E-state index contributed by atoms with van der Waals surface area (Å²) >= 11 is 0. The zero-order valence-corrected chi connectivity index (χ0v) is 68.5. The Morgan fingerprint density at radius 1 is 0.243 bits per heavy atom. The lowest BCUT2D eigenvalue weighted by atomic mass is 9.78. The zero-order valence-electron chi connectivity index (χ0n) is 82.5. The van der Waals surface area contributed by atoms with Crippen LogP contribution in [0.15, 0.2) is 339 Å². The van der Waals surface area contributed by atoms with Crippen molar-refractivity contribution in [1.82, 2.24) is 18.3 Å². The van der Waals surface area contributed by atoms with Crippen molar-refractivity contribution in [1.29, 1.82) is 0 Å². The fraction of sp³-hybridized carbons (Fsp3) is 0.189. The molecule has 0 aliphatic rings. The molecule has 0 spiro atoms. The van der Waals surface area contributed by atoms with Crippen LogP contribution >= 0.6 is 0 Å². The summed E-state index contributed by atoms with van der Waals surface area (Å²) in [5.74, 6) is 0. The fourth-order valence-corrected chi connectivity index (χ4v) is 17.4. The molecule has 4 aromatic heterocycles. The minimum Gasteiger partial charge on any atom is -0.309 e. The van der Waals surface area contributed by atoms with Gasteiger partial charge in [-0.15, -0.1) is 0 Å². The van der Waals surface area contributed by atoms with E-state index in [0.29, 0.717) is 27.6 Å². The van der Waals surface area contributed by atoms with Crippen molar-refractivity contribution >= 4 is 87.2 Å². The third-order valence-corrected chi connectivity index (χ3v) is 22.4. The first kappa shape index (κ1) is 60.1. The van der Waals surface area contributed by atoms with E-state index in [2.05, 4.69) is 265 Å². The van der Waals surface area contributed by atoms with Crippen LogP contribution in [0.1, 0.15) is 156 Å². The van der Waals surface area contributed by atoms with Gasteiger partial charge >= 0.3 is 0 Å². The standard InChI is InChI=1S/C40H32N2.C36H41N.C35H31N/c1-40(2,3)39-36(42-32-22-12-10-19-30(32)31-20-11-13-23-33(31)42)26-25-35-38(39)37-29(27-15-6-4-7-16-27)21-14-24-34(37)41(35)28-17-8-5-9-18-28;1-34(2,3)25-21-24(22-26(23-25)35(4,5)6)28-17-13-19-30-32(28)33-29(36(7,8)9)18-14-20-31(33)37(30)27-15-11-10-12-16-27;1-24-13-11-16-26(23-24)29-21-22-31-33(34(29)35(2,3)4)32-28(25-14-7-5-8-15-25)19-12-20-30(32)36(31)27-17-9-6-10-18-27/h4-26H,1-3H3;10-23H,1-9H3;5-23H,1-4H3/i4D,6D,7D,15D,16D;;5D,7D,8D,11D,13D,14D,15D,16D,23D. The van der Waals surface area contributed by atoms with Gasteiger partial charge in [0.05, 0.1) is 69.0 Å². The molecule has 0 saturated heterocycles. The molecule has 4 heteroatoms. The Bertz CT molecular complexity index is 7620. The summed E-state index contributed by atoms with van der Waals surface area (Å²) in [7, 11) is 0. The highest BCUT2D eigenvalue weighted by Gasteiger charge is 2.32. The second-order valence-corrected chi connectivity index (χ2v) is 35.5. The number of para-hydroxylation sites is 5. The summed E-state index contributed by atoms with van der Waals surface area (Å²) in [4.78, 5) is 0. The topological polar surface area (TPSA) is 19.7 Å². The first-order valence-electron chi connectivity index (χ1n) is 46.8. The maximum absolute atomic E-state index is 8.99. The Labute approximate surface area is 698 Å². The summed E-state index contributed by atoms with van der Waals surface area (Å²) in [5.41, 5.74) is 22.7. The molecule has 0 atom stereocenters. The Balaban J connectivity index is 0.000000137. The van der Waals surface area contributed by atoms with E-state index in [0.717, 1.165) is 77.4 Å². The quantitative estimate of drug-likeness (QED) is 0.144. The summed E-state index contributed by atoms with van der Waals surface area (Å²) in [6, 6.07) is 84.3. The van der Waals surface area contributed by atoms with Crippen LogP contribution in [0.4, 0.5) is 0 Å². The van der Waals surface area contributed by atoms with Gasteiger partial charge in [-0.05, 0) is 197 Å². The molecule has 0 bridgehead atoms. The molecule has 0 unspecified atom stereocenters. The van der Waals surface area contributed by atoms with Crippen LogP contribution in [-0.4, -0.2) is 18.3 Å². The minimum absolute atomic E-state index is 0.0171. The lowest BCUT2D eigenvalue weighted by molar-refractivity contribution is 0.569. The van der Waals surface area contributed by atoms with Gasteiger partial charge < -0.3 is 18.3 Å². The molecule has 568 valence electrons. The Hall–Kier alpha value is -12.5. The lowest BCUT2D eigenvalue weighted by Crippen LogP contribution is -2.16. The van der Waals surface area contributed by atoms with Crippen molar-refractivity contribution in [3.8, 4) is 67.3 Å². The maximum atomic E-state index is 8.99. The molecule has 0 amide bonds. The predicted molar refractivity (Wildman–Crippen MR) is 497 cm³/mol.